The first kappa shape index (κ1) is 9.64. The quantitative estimate of drug-likeness (QED) is 0.774. The molecule has 0 heterocycles. The lowest BCUT2D eigenvalue weighted by Crippen LogP contribution is -1.94. The Hall–Kier alpha value is -0.450. The molecule has 0 amide bonds. The first-order chi connectivity index (χ1) is 5.70. The zero-order valence-corrected chi connectivity index (χ0v) is 9.51. The fourth-order valence-corrected chi connectivity index (χ4v) is 1.73. The molecule has 0 unspecified atom stereocenters. The second kappa shape index (κ2) is 3.98. The number of ether oxygens (including phenoxy) is 2. The molecular weight excluding hydrogens is 267 g/mol. The molecule has 0 fully saturated rings. The molecule has 3 heteroatoms. The van der Waals surface area contributed by atoms with Crippen LogP contribution in [0.5, 0.6) is 11.5 Å². The van der Waals surface area contributed by atoms with Crippen LogP contribution in [-0.2, 0) is 0 Å². The number of aryl methyl sites for hydroxylation is 1. The van der Waals surface area contributed by atoms with Crippen LogP contribution >= 0.6 is 22.6 Å². The van der Waals surface area contributed by atoms with Crippen LogP contribution in [0.25, 0.3) is 0 Å². The highest BCUT2D eigenvalue weighted by Crippen LogP contribution is 2.34. The maximum Gasteiger partial charge on any atom is 0.174 e. The molecule has 1 rings (SSSR count). The van der Waals surface area contributed by atoms with E-state index < -0.39 is 0 Å². The van der Waals surface area contributed by atoms with Gasteiger partial charge >= 0.3 is 0 Å². The summed E-state index contributed by atoms with van der Waals surface area (Å²) in [6, 6.07) is 4.03. The van der Waals surface area contributed by atoms with Crippen molar-refractivity contribution in [3.05, 3.63) is 21.3 Å². The van der Waals surface area contributed by atoms with Crippen LogP contribution in [0.2, 0.25) is 0 Å². The Labute approximate surface area is 86.0 Å². The molecule has 1 aromatic carbocycles. The molecule has 0 aliphatic carbocycles. The van der Waals surface area contributed by atoms with Gasteiger partial charge in [-0.1, -0.05) is 6.07 Å². The number of hydrogen-bond donors (Lipinski definition) is 0. The van der Waals surface area contributed by atoms with Gasteiger partial charge in [0.1, 0.15) is 0 Å². The smallest absolute Gasteiger partial charge is 0.174 e. The van der Waals surface area contributed by atoms with Gasteiger partial charge in [0.05, 0.1) is 17.8 Å². The molecule has 0 saturated heterocycles. The minimum atomic E-state index is 0.818. The second-order valence-corrected chi connectivity index (χ2v) is 3.59. The van der Waals surface area contributed by atoms with Crippen LogP contribution in [0, 0.1) is 10.5 Å². The average Bonchev–Trinajstić information content (AvgIpc) is 2.08. The molecule has 0 aromatic heterocycles. The summed E-state index contributed by atoms with van der Waals surface area (Å²) in [4.78, 5) is 0. The van der Waals surface area contributed by atoms with E-state index in [1.807, 2.05) is 19.1 Å². The maximum atomic E-state index is 5.22. The van der Waals surface area contributed by atoms with Crippen LogP contribution in [0.3, 0.4) is 0 Å². The third kappa shape index (κ3) is 1.65. The Bertz CT molecular complexity index is 255. The third-order valence-electron chi connectivity index (χ3n) is 1.67. The summed E-state index contributed by atoms with van der Waals surface area (Å²) in [7, 11) is 3.31. The van der Waals surface area contributed by atoms with E-state index in [0.717, 1.165) is 20.6 Å². The van der Waals surface area contributed by atoms with Crippen molar-refractivity contribution in [3.8, 4) is 11.5 Å². The summed E-state index contributed by atoms with van der Waals surface area (Å²) in [6.45, 7) is 2.00. The standard InChI is InChI=1S/C9H11IO2/c1-6-4-5-7(10)9(12-3)8(6)11-2/h4-5H,1-3H3. The summed E-state index contributed by atoms with van der Waals surface area (Å²) in [5.74, 6) is 1.64. The highest BCUT2D eigenvalue weighted by atomic mass is 127. The van der Waals surface area contributed by atoms with Crippen LogP contribution in [0.15, 0.2) is 12.1 Å². The summed E-state index contributed by atoms with van der Waals surface area (Å²) in [6.07, 6.45) is 0. The molecule has 2 nitrogen and oxygen atoms in total. The topological polar surface area (TPSA) is 18.5 Å². The second-order valence-electron chi connectivity index (χ2n) is 2.43. The number of halogens is 1. The molecule has 0 aliphatic heterocycles. The summed E-state index contributed by atoms with van der Waals surface area (Å²) < 4.78 is 11.5. The van der Waals surface area contributed by atoms with Crippen LogP contribution in [-0.4, -0.2) is 14.2 Å². The third-order valence-corrected chi connectivity index (χ3v) is 2.52. The van der Waals surface area contributed by atoms with E-state index in [2.05, 4.69) is 22.6 Å². The monoisotopic (exact) mass is 278 g/mol. The molecule has 0 bridgehead atoms. The molecule has 0 atom stereocenters. The van der Waals surface area contributed by atoms with Gasteiger partial charge in [0.2, 0.25) is 0 Å². The zero-order valence-electron chi connectivity index (χ0n) is 7.35. The molecular formula is C9H11IO2. The Balaban J connectivity index is 3.28. The first-order valence-electron chi connectivity index (χ1n) is 3.57. The lowest BCUT2D eigenvalue weighted by atomic mass is 10.2. The number of methoxy groups -OCH3 is 2. The van der Waals surface area contributed by atoms with Crippen LogP contribution in [0.1, 0.15) is 5.56 Å². The lowest BCUT2D eigenvalue weighted by molar-refractivity contribution is 0.351. The van der Waals surface area contributed by atoms with E-state index in [4.69, 9.17) is 9.47 Å². The van der Waals surface area contributed by atoms with Crippen molar-refractivity contribution < 1.29 is 9.47 Å². The Morgan fingerprint density at radius 2 is 1.67 bits per heavy atom. The van der Waals surface area contributed by atoms with Crippen molar-refractivity contribution in [2.45, 2.75) is 6.92 Å². The fraction of sp³-hybridized carbons (Fsp3) is 0.333. The van der Waals surface area contributed by atoms with E-state index in [1.54, 1.807) is 14.2 Å². The molecule has 66 valence electrons. The number of hydrogen-bond acceptors (Lipinski definition) is 2. The minimum Gasteiger partial charge on any atom is -0.493 e. The number of rotatable bonds is 2. The zero-order chi connectivity index (χ0) is 9.14. The van der Waals surface area contributed by atoms with Gasteiger partial charge in [-0.15, -0.1) is 0 Å². The highest BCUT2D eigenvalue weighted by molar-refractivity contribution is 14.1. The van der Waals surface area contributed by atoms with Crippen LogP contribution < -0.4 is 9.47 Å². The Morgan fingerprint density at radius 3 is 2.08 bits per heavy atom. The van der Waals surface area contributed by atoms with E-state index in [9.17, 15) is 0 Å². The van der Waals surface area contributed by atoms with Gasteiger partial charge in [-0.3, -0.25) is 0 Å². The average molecular weight is 278 g/mol. The van der Waals surface area contributed by atoms with Gasteiger partial charge in [-0.2, -0.15) is 0 Å². The Morgan fingerprint density at radius 1 is 1.08 bits per heavy atom. The molecule has 0 N–H and O–H groups in total. The van der Waals surface area contributed by atoms with E-state index in [0.29, 0.717) is 0 Å². The molecule has 1 aromatic rings. The Kier molecular flexibility index (Phi) is 3.20. The van der Waals surface area contributed by atoms with Gasteiger partial charge in [0.15, 0.2) is 11.5 Å². The van der Waals surface area contributed by atoms with Crippen molar-refractivity contribution in [3.63, 3.8) is 0 Å². The minimum absolute atomic E-state index is 0.818. The molecule has 0 saturated carbocycles. The largest absolute Gasteiger partial charge is 0.493 e. The normalized spacial score (nSPS) is 9.67. The van der Waals surface area contributed by atoms with Crippen molar-refractivity contribution in [2.75, 3.05) is 14.2 Å². The summed E-state index contributed by atoms with van der Waals surface area (Å²) in [5, 5.41) is 0. The molecule has 12 heavy (non-hydrogen) atoms. The fourth-order valence-electron chi connectivity index (χ4n) is 1.08. The van der Waals surface area contributed by atoms with Crippen molar-refractivity contribution in [1.82, 2.24) is 0 Å². The van der Waals surface area contributed by atoms with Gasteiger partial charge in [0, 0.05) is 0 Å². The van der Waals surface area contributed by atoms with Gasteiger partial charge in [-0.25, -0.2) is 0 Å². The van der Waals surface area contributed by atoms with Crippen LogP contribution in [0.4, 0.5) is 0 Å². The molecule has 0 aliphatic rings. The number of benzene rings is 1. The molecule has 0 radical (unpaired) electrons. The molecule has 0 spiro atoms. The lowest BCUT2D eigenvalue weighted by Gasteiger charge is -2.11. The van der Waals surface area contributed by atoms with E-state index >= 15 is 0 Å². The predicted molar refractivity (Wildman–Crippen MR) is 57.0 cm³/mol. The van der Waals surface area contributed by atoms with E-state index in [-0.39, 0.29) is 0 Å². The SMILES string of the molecule is COc1c(C)ccc(I)c1OC. The van der Waals surface area contributed by atoms with Crippen molar-refractivity contribution in [2.24, 2.45) is 0 Å². The highest BCUT2D eigenvalue weighted by Gasteiger charge is 2.09. The van der Waals surface area contributed by atoms with Crippen molar-refractivity contribution >= 4 is 22.6 Å². The van der Waals surface area contributed by atoms with Gasteiger partial charge in [-0.05, 0) is 41.1 Å². The van der Waals surface area contributed by atoms with Gasteiger partial charge in [0.25, 0.3) is 0 Å². The maximum absolute atomic E-state index is 5.22. The van der Waals surface area contributed by atoms with Gasteiger partial charge < -0.3 is 9.47 Å². The van der Waals surface area contributed by atoms with Crippen molar-refractivity contribution in [1.29, 1.82) is 0 Å². The predicted octanol–water partition coefficient (Wildman–Crippen LogP) is 2.62. The first-order valence-corrected chi connectivity index (χ1v) is 4.65. The summed E-state index contributed by atoms with van der Waals surface area (Å²) >= 11 is 2.22. The van der Waals surface area contributed by atoms with E-state index in [1.165, 1.54) is 0 Å². The summed E-state index contributed by atoms with van der Waals surface area (Å²) in [5.41, 5.74) is 1.09.